The van der Waals surface area contributed by atoms with Crippen molar-refractivity contribution in [2.24, 2.45) is 11.8 Å². The van der Waals surface area contributed by atoms with Crippen LogP contribution in [0.1, 0.15) is 47.5 Å². The van der Waals surface area contributed by atoms with E-state index in [1.807, 2.05) is 18.7 Å². The number of methoxy groups -OCH3 is 1. The summed E-state index contributed by atoms with van der Waals surface area (Å²) in [5.41, 5.74) is 0.990. The van der Waals surface area contributed by atoms with Crippen molar-refractivity contribution in [1.29, 1.82) is 0 Å². The highest BCUT2D eigenvalue weighted by atomic mass is 16.5. The summed E-state index contributed by atoms with van der Waals surface area (Å²) in [6, 6.07) is 4.69. The Morgan fingerprint density at radius 3 is 2.61 bits per heavy atom. The van der Waals surface area contributed by atoms with Crippen molar-refractivity contribution in [3.05, 3.63) is 48.0 Å². The SMILES string of the molecule is CO[C@H]1CN(C)C(=O)c2ccc(NC(=O)c3cnccn3)cc2OC[C@H](C)N(C(=O)C2CC2)C[C@H]1C. The number of likely N-dealkylation sites (N-methyl/N-ethyl adjacent to an activating group) is 1. The number of hydrogen-bond donors (Lipinski definition) is 1. The standard InChI is InChI=1S/C26H33N5O5/c1-16-13-31(25(33)18-5-6-18)17(2)15-36-22-11-19(29-24(32)21-12-27-9-10-28-21)7-8-20(22)26(34)30(3)14-23(16)35-4/h7-12,16-18,23H,5-6,13-15H2,1-4H3,(H,29,32)/t16-,17+,23+/m1/s1. The third-order valence-corrected chi connectivity index (χ3v) is 6.71. The molecule has 3 amide bonds. The number of rotatable bonds is 4. The van der Waals surface area contributed by atoms with Crippen LogP contribution in [0.2, 0.25) is 0 Å². The van der Waals surface area contributed by atoms with Gasteiger partial charge in [0, 0.05) is 63.2 Å². The van der Waals surface area contributed by atoms with E-state index in [1.54, 1.807) is 37.3 Å². The molecule has 1 N–H and O–H groups in total. The molecule has 1 saturated carbocycles. The Hall–Kier alpha value is -3.53. The lowest BCUT2D eigenvalue weighted by Crippen LogP contribution is -2.49. The summed E-state index contributed by atoms with van der Waals surface area (Å²) in [5.74, 6) is -0.0751. The van der Waals surface area contributed by atoms with E-state index in [4.69, 9.17) is 9.47 Å². The summed E-state index contributed by atoms with van der Waals surface area (Å²) in [7, 11) is 3.35. The predicted octanol–water partition coefficient (Wildman–Crippen LogP) is 2.47. The van der Waals surface area contributed by atoms with Gasteiger partial charge in [0.1, 0.15) is 18.1 Å². The molecule has 1 aromatic carbocycles. The Labute approximate surface area is 211 Å². The number of anilines is 1. The lowest BCUT2D eigenvalue weighted by molar-refractivity contribution is -0.136. The number of fused-ring (bicyclic) bond motifs is 1. The van der Waals surface area contributed by atoms with Gasteiger partial charge >= 0.3 is 0 Å². The maximum absolute atomic E-state index is 13.3. The van der Waals surface area contributed by atoms with Crippen molar-refractivity contribution in [1.82, 2.24) is 19.8 Å². The van der Waals surface area contributed by atoms with E-state index < -0.39 is 5.91 Å². The fraction of sp³-hybridized carbons (Fsp3) is 0.500. The minimum Gasteiger partial charge on any atom is -0.491 e. The first-order valence-electron chi connectivity index (χ1n) is 12.2. The van der Waals surface area contributed by atoms with Crippen LogP contribution in [0.15, 0.2) is 36.8 Å². The van der Waals surface area contributed by atoms with Crippen molar-refractivity contribution in [3.8, 4) is 5.75 Å². The largest absolute Gasteiger partial charge is 0.491 e. The molecule has 192 valence electrons. The van der Waals surface area contributed by atoms with Gasteiger partial charge in [0.2, 0.25) is 5.91 Å². The zero-order valence-electron chi connectivity index (χ0n) is 21.1. The number of amides is 3. The van der Waals surface area contributed by atoms with Gasteiger partial charge in [-0.15, -0.1) is 0 Å². The first-order chi connectivity index (χ1) is 17.3. The average molecular weight is 496 g/mol. The molecule has 10 heteroatoms. The fourth-order valence-electron chi connectivity index (χ4n) is 4.33. The Morgan fingerprint density at radius 1 is 1.17 bits per heavy atom. The first-order valence-corrected chi connectivity index (χ1v) is 12.2. The number of nitrogens with one attached hydrogen (secondary N) is 1. The van der Waals surface area contributed by atoms with E-state index in [2.05, 4.69) is 15.3 Å². The normalized spacial score (nSPS) is 23.1. The third kappa shape index (κ3) is 5.81. The summed E-state index contributed by atoms with van der Waals surface area (Å²) in [6.45, 7) is 5.07. The number of nitrogens with zero attached hydrogens (tertiary/aromatic N) is 4. The van der Waals surface area contributed by atoms with Crippen LogP contribution in [-0.2, 0) is 9.53 Å². The molecule has 2 aliphatic rings. The van der Waals surface area contributed by atoms with Crippen LogP contribution >= 0.6 is 0 Å². The molecule has 0 radical (unpaired) electrons. The van der Waals surface area contributed by atoms with Gasteiger partial charge in [0.05, 0.1) is 23.9 Å². The molecule has 4 rings (SSSR count). The topological polar surface area (TPSA) is 114 Å². The van der Waals surface area contributed by atoms with E-state index >= 15 is 0 Å². The second-order valence-corrected chi connectivity index (χ2v) is 9.62. The number of ether oxygens (including phenoxy) is 2. The number of carbonyl (C=O) groups is 3. The minimum absolute atomic E-state index is 0.0213. The van der Waals surface area contributed by atoms with Crippen LogP contribution in [0.3, 0.4) is 0 Å². The van der Waals surface area contributed by atoms with Gasteiger partial charge in [-0.2, -0.15) is 0 Å². The van der Waals surface area contributed by atoms with E-state index in [1.165, 1.54) is 18.6 Å². The molecule has 0 unspecified atom stereocenters. The second-order valence-electron chi connectivity index (χ2n) is 9.62. The molecular formula is C26H33N5O5. The van der Waals surface area contributed by atoms with Crippen molar-refractivity contribution >= 4 is 23.4 Å². The maximum Gasteiger partial charge on any atom is 0.275 e. The van der Waals surface area contributed by atoms with Gasteiger partial charge in [-0.1, -0.05) is 6.92 Å². The smallest absolute Gasteiger partial charge is 0.275 e. The van der Waals surface area contributed by atoms with E-state index in [-0.39, 0.29) is 48.1 Å². The van der Waals surface area contributed by atoms with Gasteiger partial charge in [0.25, 0.3) is 11.8 Å². The molecule has 0 bridgehead atoms. The highest BCUT2D eigenvalue weighted by Crippen LogP contribution is 2.33. The lowest BCUT2D eigenvalue weighted by atomic mass is 10.0. The molecule has 10 nitrogen and oxygen atoms in total. The van der Waals surface area contributed by atoms with Crippen molar-refractivity contribution in [3.63, 3.8) is 0 Å². The van der Waals surface area contributed by atoms with Crippen LogP contribution in [-0.4, -0.2) is 83.5 Å². The average Bonchev–Trinajstić information content (AvgIpc) is 3.73. The third-order valence-electron chi connectivity index (χ3n) is 6.71. The summed E-state index contributed by atoms with van der Waals surface area (Å²) < 4.78 is 11.9. The highest BCUT2D eigenvalue weighted by molar-refractivity contribution is 6.03. The molecular weight excluding hydrogens is 462 g/mol. The second kappa shape index (κ2) is 11.0. The van der Waals surface area contributed by atoms with Gasteiger partial charge < -0.3 is 24.6 Å². The van der Waals surface area contributed by atoms with Crippen molar-refractivity contribution < 1.29 is 23.9 Å². The Balaban J connectivity index is 1.63. The zero-order valence-corrected chi connectivity index (χ0v) is 21.1. The van der Waals surface area contributed by atoms with Gasteiger partial charge in [0.15, 0.2) is 0 Å². The summed E-state index contributed by atoms with van der Waals surface area (Å²) in [5, 5.41) is 2.77. The van der Waals surface area contributed by atoms with Crippen LogP contribution in [0.5, 0.6) is 5.75 Å². The summed E-state index contributed by atoms with van der Waals surface area (Å²) in [4.78, 5) is 50.4. The monoisotopic (exact) mass is 495 g/mol. The maximum atomic E-state index is 13.3. The first kappa shape index (κ1) is 25.6. The quantitative estimate of drug-likeness (QED) is 0.693. The number of hydrogen-bond acceptors (Lipinski definition) is 7. The Kier molecular flexibility index (Phi) is 7.83. The molecule has 1 aliphatic carbocycles. The predicted molar refractivity (Wildman–Crippen MR) is 133 cm³/mol. The molecule has 1 aliphatic heterocycles. The summed E-state index contributed by atoms with van der Waals surface area (Å²) in [6.07, 6.45) is 5.89. The van der Waals surface area contributed by atoms with Gasteiger partial charge in [-0.05, 0) is 31.9 Å². The molecule has 0 spiro atoms. The van der Waals surface area contributed by atoms with Crippen molar-refractivity contribution in [2.45, 2.75) is 38.8 Å². The highest BCUT2D eigenvalue weighted by Gasteiger charge is 2.37. The lowest BCUT2D eigenvalue weighted by Gasteiger charge is -2.36. The fourth-order valence-corrected chi connectivity index (χ4v) is 4.33. The Bertz CT molecular complexity index is 1110. The number of benzene rings is 1. The molecule has 2 aromatic rings. The van der Waals surface area contributed by atoms with Crippen LogP contribution in [0, 0.1) is 11.8 Å². The number of aromatic nitrogens is 2. The molecule has 0 saturated heterocycles. The number of carbonyl (C=O) groups excluding carboxylic acids is 3. The van der Waals surface area contributed by atoms with Crippen LogP contribution < -0.4 is 10.1 Å². The molecule has 1 aromatic heterocycles. The molecule has 1 fully saturated rings. The van der Waals surface area contributed by atoms with Gasteiger partial charge in [-0.25, -0.2) is 4.98 Å². The van der Waals surface area contributed by atoms with Crippen LogP contribution in [0.4, 0.5) is 5.69 Å². The molecule has 2 heterocycles. The Morgan fingerprint density at radius 2 is 1.94 bits per heavy atom. The van der Waals surface area contributed by atoms with E-state index in [9.17, 15) is 14.4 Å². The van der Waals surface area contributed by atoms with Crippen molar-refractivity contribution in [2.75, 3.05) is 39.2 Å². The summed E-state index contributed by atoms with van der Waals surface area (Å²) >= 11 is 0. The van der Waals surface area contributed by atoms with Crippen LogP contribution in [0.25, 0.3) is 0 Å². The molecule has 3 atom stereocenters. The van der Waals surface area contributed by atoms with E-state index in [0.29, 0.717) is 30.1 Å². The minimum atomic E-state index is -0.425. The van der Waals surface area contributed by atoms with Gasteiger partial charge in [-0.3, -0.25) is 19.4 Å². The molecule has 36 heavy (non-hydrogen) atoms. The van der Waals surface area contributed by atoms with E-state index in [0.717, 1.165) is 12.8 Å². The zero-order chi connectivity index (χ0) is 25.8.